The maximum atomic E-state index is 9.08. The maximum Gasteiger partial charge on any atom is 0.0529 e. The third kappa shape index (κ3) is 0.959. The molecule has 3 heteroatoms. The van der Waals surface area contributed by atoms with E-state index in [0.29, 0.717) is 0 Å². The molecule has 11 heavy (non-hydrogen) atoms. The highest BCUT2D eigenvalue weighted by Gasteiger charge is 2.44. The summed E-state index contributed by atoms with van der Waals surface area (Å²) in [5, 5.41) is 13.2. The van der Waals surface area contributed by atoms with Crippen molar-refractivity contribution in [1.82, 2.24) is 9.78 Å². The van der Waals surface area contributed by atoms with Gasteiger partial charge in [-0.2, -0.15) is 5.10 Å². The van der Waals surface area contributed by atoms with E-state index in [1.807, 2.05) is 19.4 Å². The Labute approximate surface area is 65.7 Å². The minimum absolute atomic E-state index is 0.0776. The Hall–Kier alpha value is -0.830. The van der Waals surface area contributed by atoms with Crippen molar-refractivity contribution in [3.8, 4) is 0 Å². The largest absolute Gasteiger partial charge is 0.395 e. The fraction of sp³-hybridized carbons (Fsp3) is 0.625. The first-order valence-electron chi connectivity index (χ1n) is 3.87. The summed E-state index contributed by atoms with van der Waals surface area (Å²) in [7, 11) is 1.90. The SMILES string of the molecule is Cn1cc(C2(CO)CC2)cn1. The van der Waals surface area contributed by atoms with Crippen LogP contribution in [-0.2, 0) is 12.5 Å². The maximum absolute atomic E-state index is 9.08. The molecule has 0 atom stereocenters. The zero-order chi connectivity index (χ0) is 7.90. The summed E-state index contributed by atoms with van der Waals surface area (Å²) in [6.45, 7) is 0.263. The minimum atomic E-state index is 0.0776. The third-order valence-electron chi connectivity index (χ3n) is 2.47. The van der Waals surface area contributed by atoms with Crippen LogP contribution in [-0.4, -0.2) is 21.5 Å². The lowest BCUT2D eigenvalue weighted by atomic mass is 10.0. The van der Waals surface area contributed by atoms with E-state index in [-0.39, 0.29) is 12.0 Å². The van der Waals surface area contributed by atoms with Crippen molar-refractivity contribution in [3.63, 3.8) is 0 Å². The van der Waals surface area contributed by atoms with Gasteiger partial charge in [0.05, 0.1) is 12.8 Å². The van der Waals surface area contributed by atoms with Crippen LogP contribution in [0.4, 0.5) is 0 Å². The highest BCUT2D eigenvalue weighted by molar-refractivity contribution is 5.26. The number of rotatable bonds is 2. The quantitative estimate of drug-likeness (QED) is 0.668. The molecule has 2 rings (SSSR count). The second-order valence-electron chi connectivity index (χ2n) is 3.34. The fourth-order valence-corrected chi connectivity index (χ4v) is 1.38. The minimum Gasteiger partial charge on any atom is -0.395 e. The van der Waals surface area contributed by atoms with Gasteiger partial charge >= 0.3 is 0 Å². The Morgan fingerprint density at radius 1 is 1.73 bits per heavy atom. The van der Waals surface area contributed by atoms with Crippen LogP contribution >= 0.6 is 0 Å². The highest BCUT2D eigenvalue weighted by Crippen LogP contribution is 2.47. The number of nitrogens with zero attached hydrogens (tertiary/aromatic N) is 2. The van der Waals surface area contributed by atoms with E-state index >= 15 is 0 Å². The summed E-state index contributed by atoms with van der Waals surface area (Å²) in [5.74, 6) is 0. The molecule has 3 nitrogen and oxygen atoms in total. The standard InChI is InChI=1S/C8H12N2O/c1-10-5-7(4-9-10)8(6-11)2-3-8/h4-5,11H,2-3,6H2,1H3. The van der Waals surface area contributed by atoms with E-state index in [1.165, 1.54) is 5.56 Å². The first-order valence-corrected chi connectivity index (χ1v) is 3.87. The molecule has 1 fully saturated rings. The first kappa shape index (κ1) is 6.85. The molecule has 0 radical (unpaired) electrons. The molecule has 0 spiro atoms. The summed E-state index contributed by atoms with van der Waals surface area (Å²) >= 11 is 0. The number of hydrogen-bond donors (Lipinski definition) is 1. The Bertz CT molecular complexity index is 263. The highest BCUT2D eigenvalue weighted by atomic mass is 16.3. The molecule has 1 aliphatic rings. The number of hydrogen-bond acceptors (Lipinski definition) is 2. The van der Waals surface area contributed by atoms with Gasteiger partial charge in [-0.3, -0.25) is 4.68 Å². The molecule has 0 aliphatic heterocycles. The van der Waals surface area contributed by atoms with Crippen LogP contribution in [0.25, 0.3) is 0 Å². The van der Waals surface area contributed by atoms with E-state index in [9.17, 15) is 0 Å². The Balaban J connectivity index is 2.29. The van der Waals surface area contributed by atoms with E-state index in [4.69, 9.17) is 5.11 Å². The van der Waals surface area contributed by atoms with Gasteiger partial charge in [0.25, 0.3) is 0 Å². The Morgan fingerprint density at radius 3 is 2.82 bits per heavy atom. The topological polar surface area (TPSA) is 38.0 Å². The molecule has 0 saturated heterocycles. The van der Waals surface area contributed by atoms with Crippen LogP contribution in [0.2, 0.25) is 0 Å². The summed E-state index contributed by atoms with van der Waals surface area (Å²) < 4.78 is 1.78. The molecule has 1 heterocycles. The predicted molar refractivity (Wildman–Crippen MR) is 41.2 cm³/mol. The average molecular weight is 152 g/mol. The van der Waals surface area contributed by atoms with Crippen LogP contribution in [0.3, 0.4) is 0 Å². The zero-order valence-electron chi connectivity index (χ0n) is 6.62. The monoisotopic (exact) mass is 152 g/mol. The lowest BCUT2D eigenvalue weighted by Gasteiger charge is -2.06. The summed E-state index contributed by atoms with van der Waals surface area (Å²) in [6, 6.07) is 0. The van der Waals surface area contributed by atoms with Gasteiger partial charge in [-0.15, -0.1) is 0 Å². The molecule has 60 valence electrons. The van der Waals surface area contributed by atoms with Crippen LogP contribution in [0, 0.1) is 0 Å². The van der Waals surface area contributed by atoms with Crippen LogP contribution in [0.1, 0.15) is 18.4 Å². The molecule has 1 aromatic rings. The van der Waals surface area contributed by atoms with Crippen molar-refractivity contribution in [2.75, 3.05) is 6.61 Å². The third-order valence-corrected chi connectivity index (χ3v) is 2.47. The molecule has 0 bridgehead atoms. The predicted octanol–water partition coefficient (Wildman–Crippen LogP) is 0.444. The summed E-state index contributed by atoms with van der Waals surface area (Å²) in [6.07, 6.45) is 6.05. The van der Waals surface area contributed by atoms with Crippen LogP contribution in [0.15, 0.2) is 12.4 Å². The van der Waals surface area contributed by atoms with Gasteiger partial charge < -0.3 is 5.11 Å². The molecule has 0 unspecified atom stereocenters. The van der Waals surface area contributed by atoms with Crippen molar-refractivity contribution in [3.05, 3.63) is 18.0 Å². The lowest BCUT2D eigenvalue weighted by molar-refractivity contribution is 0.255. The van der Waals surface area contributed by atoms with Crippen molar-refractivity contribution in [1.29, 1.82) is 0 Å². The van der Waals surface area contributed by atoms with Gasteiger partial charge in [-0.1, -0.05) is 0 Å². The van der Waals surface area contributed by atoms with E-state index in [0.717, 1.165) is 12.8 Å². The van der Waals surface area contributed by atoms with Gasteiger partial charge in [-0.25, -0.2) is 0 Å². The molecular formula is C8H12N2O. The normalized spacial score (nSPS) is 20.2. The zero-order valence-corrected chi connectivity index (χ0v) is 6.62. The molecule has 1 aromatic heterocycles. The molecular weight excluding hydrogens is 140 g/mol. The van der Waals surface area contributed by atoms with Crippen LogP contribution < -0.4 is 0 Å². The number of aromatic nitrogens is 2. The summed E-state index contributed by atoms with van der Waals surface area (Å²) in [4.78, 5) is 0. The Kier molecular flexibility index (Phi) is 1.29. The fourth-order valence-electron chi connectivity index (χ4n) is 1.38. The molecule has 1 saturated carbocycles. The summed E-state index contributed by atoms with van der Waals surface area (Å²) in [5.41, 5.74) is 1.26. The average Bonchev–Trinajstić information content (AvgIpc) is 2.70. The van der Waals surface area contributed by atoms with Gasteiger partial charge in [0.2, 0.25) is 0 Å². The van der Waals surface area contributed by atoms with E-state index in [1.54, 1.807) is 4.68 Å². The van der Waals surface area contributed by atoms with Crippen molar-refractivity contribution in [2.45, 2.75) is 18.3 Å². The second-order valence-corrected chi connectivity index (χ2v) is 3.34. The van der Waals surface area contributed by atoms with Gasteiger partial charge in [0, 0.05) is 18.7 Å². The van der Waals surface area contributed by atoms with Crippen molar-refractivity contribution < 1.29 is 5.11 Å². The first-order chi connectivity index (χ1) is 5.27. The van der Waals surface area contributed by atoms with Crippen molar-refractivity contribution in [2.24, 2.45) is 7.05 Å². The number of aliphatic hydroxyl groups is 1. The molecule has 0 aromatic carbocycles. The molecule has 0 amide bonds. The molecule has 1 N–H and O–H groups in total. The van der Waals surface area contributed by atoms with E-state index < -0.39 is 0 Å². The Morgan fingerprint density at radius 2 is 2.45 bits per heavy atom. The number of aryl methyl sites for hydroxylation is 1. The van der Waals surface area contributed by atoms with Gasteiger partial charge in [-0.05, 0) is 18.4 Å². The number of aliphatic hydroxyl groups excluding tert-OH is 1. The smallest absolute Gasteiger partial charge is 0.0529 e. The molecule has 1 aliphatic carbocycles. The van der Waals surface area contributed by atoms with Gasteiger partial charge in [0.15, 0.2) is 0 Å². The van der Waals surface area contributed by atoms with Crippen LogP contribution in [0.5, 0.6) is 0 Å². The van der Waals surface area contributed by atoms with Crippen molar-refractivity contribution >= 4 is 0 Å². The lowest BCUT2D eigenvalue weighted by Crippen LogP contribution is -2.10. The van der Waals surface area contributed by atoms with E-state index in [2.05, 4.69) is 5.10 Å². The second kappa shape index (κ2) is 2.08. The van der Waals surface area contributed by atoms with Gasteiger partial charge in [0.1, 0.15) is 0 Å².